The summed E-state index contributed by atoms with van der Waals surface area (Å²) in [5.74, 6) is 1.45. The molecular formula is C10H7BrN6S. The fraction of sp³-hybridized carbons (Fsp3) is 0. The zero-order chi connectivity index (χ0) is 12.5. The van der Waals surface area contributed by atoms with Crippen LogP contribution in [0.15, 0.2) is 34.5 Å². The average molecular weight is 323 g/mol. The molecule has 2 N–H and O–H groups in total. The first-order valence-corrected chi connectivity index (χ1v) is 6.66. The molecule has 3 aromatic rings. The summed E-state index contributed by atoms with van der Waals surface area (Å²) in [6.45, 7) is 0. The molecule has 0 saturated heterocycles. The van der Waals surface area contributed by atoms with Gasteiger partial charge in [0, 0.05) is 24.0 Å². The lowest BCUT2D eigenvalue weighted by molar-refractivity contribution is 0.837. The Morgan fingerprint density at radius 2 is 2.17 bits per heavy atom. The summed E-state index contributed by atoms with van der Waals surface area (Å²) < 4.78 is 2.24. The molecule has 3 heterocycles. The Morgan fingerprint density at radius 3 is 2.83 bits per heavy atom. The summed E-state index contributed by atoms with van der Waals surface area (Å²) in [5.41, 5.74) is 5.87. The summed E-state index contributed by atoms with van der Waals surface area (Å²) >= 11 is 4.83. The quantitative estimate of drug-likeness (QED) is 0.781. The highest BCUT2D eigenvalue weighted by Gasteiger charge is 2.14. The van der Waals surface area contributed by atoms with E-state index in [1.165, 1.54) is 11.3 Å². The molecular weight excluding hydrogens is 316 g/mol. The van der Waals surface area contributed by atoms with Gasteiger partial charge >= 0.3 is 0 Å². The largest absolute Gasteiger partial charge is 0.383 e. The molecule has 0 spiro atoms. The smallest absolute Gasteiger partial charge is 0.192 e. The first-order valence-electron chi connectivity index (χ1n) is 4.98. The molecule has 0 saturated carbocycles. The van der Waals surface area contributed by atoms with Crippen LogP contribution in [0.5, 0.6) is 0 Å². The predicted molar refractivity (Wildman–Crippen MR) is 72.4 cm³/mol. The average Bonchev–Trinajstić information content (AvgIpc) is 3.03. The Morgan fingerprint density at radius 1 is 1.28 bits per heavy atom. The van der Waals surface area contributed by atoms with Gasteiger partial charge in [0.05, 0.1) is 0 Å². The van der Waals surface area contributed by atoms with E-state index < -0.39 is 0 Å². The minimum atomic E-state index is 0.362. The van der Waals surface area contributed by atoms with E-state index in [0.29, 0.717) is 21.9 Å². The van der Waals surface area contributed by atoms with Crippen LogP contribution in [0, 0.1) is 0 Å². The number of nitrogens with two attached hydrogens (primary N) is 1. The molecule has 6 nitrogen and oxygen atoms in total. The maximum atomic E-state index is 5.87. The lowest BCUT2D eigenvalue weighted by Gasteiger charge is -2.07. The fourth-order valence-corrected chi connectivity index (χ4v) is 2.36. The molecule has 0 aliphatic rings. The Balaban J connectivity index is 2.20. The van der Waals surface area contributed by atoms with Gasteiger partial charge < -0.3 is 5.73 Å². The maximum absolute atomic E-state index is 5.87. The van der Waals surface area contributed by atoms with E-state index in [-0.39, 0.29) is 0 Å². The molecule has 0 aliphatic carbocycles. The van der Waals surface area contributed by atoms with E-state index >= 15 is 0 Å². The van der Waals surface area contributed by atoms with Gasteiger partial charge in [-0.05, 0) is 22.0 Å². The van der Waals surface area contributed by atoms with Crippen molar-refractivity contribution in [2.24, 2.45) is 0 Å². The number of hydrogen-bond donors (Lipinski definition) is 1. The van der Waals surface area contributed by atoms with Crippen molar-refractivity contribution in [1.29, 1.82) is 0 Å². The molecule has 0 aromatic carbocycles. The number of hydrogen-bond acceptors (Lipinski definition) is 6. The monoisotopic (exact) mass is 322 g/mol. The van der Waals surface area contributed by atoms with Crippen LogP contribution < -0.4 is 5.73 Å². The van der Waals surface area contributed by atoms with Gasteiger partial charge in [0.1, 0.15) is 10.3 Å². The summed E-state index contributed by atoms with van der Waals surface area (Å²) in [6.07, 6.45) is 5.17. The first-order chi connectivity index (χ1) is 8.75. The fourth-order valence-electron chi connectivity index (χ4n) is 1.43. The summed E-state index contributed by atoms with van der Waals surface area (Å²) in [5, 5.41) is 6.72. The van der Waals surface area contributed by atoms with Crippen molar-refractivity contribution in [3.8, 4) is 16.6 Å². The van der Waals surface area contributed by atoms with Crippen LogP contribution in [0.25, 0.3) is 16.6 Å². The van der Waals surface area contributed by atoms with E-state index in [9.17, 15) is 0 Å². The van der Waals surface area contributed by atoms with Crippen molar-refractivity contribution in [3.63, 3.8) is 0 Å². The van der Waals surface area contributed by atoms with Crippen molar-refractivity contribution >= 4 is 33.1 Å². The number of halogens is 1. The minimum absolute atomic E-state index is 0.362. The van der Waals surface area contributed by atoms with Gasteiger partial charge in [-0.15, -0.1) is 11.3 Å². The first kappa shape index (κ1) is 11.3. The van der Waals surface area contributed by atoms with Crippen molar-refractivity contribution in [2.75, 3.05) is 5.73 Å². The molecule has 0 atom stereocenters. The zero-order valence-electron chi connectivity index (χ0n) is 8.99. The van der Waals surface area contributed by atoms with Gasteiger partial charge in [0.25, 0.3) is 0 Å². The van der Waals surface area contributed by atoms with Crippen LogP contribution in [0.3, 0.4) is 0 Å². The van der Waals surface area contributed by atoms with Gasteiger partial charge in [-0.3, -0.25) is 0 Å². The second-order valence-corrected chi connectivity index (χ2v) is 5.05. The van der Waals surface area contributed by atoms with E-state index in [2.05, 4.69) is 36.0 Å². The number of nitrogens with zero attached hydrogens (tertiary/aromatic N) is 5. The zero-order valence-corrected chi connectivity index (χ0v) is 11.4. The number of anilines is 1. The molecule has 0 aliphatic heterocycles. The summed E-state index contributed by atoms with van der Waals surface area (Å²) in [7, 11) is 0. The van der Waals surface area contributed by atoms with Gasteiger partial charge in [0.15, 0.2) is 16.6 Å². The van der Waals surface area contributed by atoms with Gasteiger partial charge in [0.2, 0.25) is 0 Å². The Kier molecular flexibility index (Phi) is 2.80. The molecule has 8 heteroatoms. The molecule has 18 heavy (non-hydrogen) atoms. The third-order valence-corrected chi connectivity index (χ3v) is 3.73. The highest BCUT2D eigenvalue weighted by atomic mass is 79.9. The van der Waals surface area contributed by atoms with E-state index in [1.54, 1.807) is 23.3 Å². The van der Waals surface area contributed by atoms with E-state index in [0.717, 1.165) is 5.01 Å². The molecule has 90 valence electrons. The van der Waals surface area contributed by atoms with Crippen molar-refractivity contribution in [3.05, 3.63) is 34.5 Å². The van der Waals surface area contributed by atoms with Gasteiger partial charge in [-0.2, -0.15) is 5.10 Å². The van der Waals surface area contributed by atoms with E-state index in [1.807, 2.05) is 11.4 Å². The highest BCUT2D eigenvalue weighted by molar-refractivity contribution is 9.10. The van der Waals surface area contributed by atoms with Crippen molar-refractivity contribution in [1.82, 2.24) is 24.7 Å². The number of rotatable bonds is 2. The molecule has 0 unspecified atom stereocenters. The van der Waals surface area contributed by atoms with Gasteiger partial charge in [-0.1, -0.05) is 0 Å². The number of aromatic nitrogens is 5. The third kappa shape index (κ3) is 1.89. The number of nitrogen functional groups attached to an aromatic ring is 1. The Labute approximate surface area is 115 Å². The lowest BCUT2D eigenvalue weighted by Crippen LogP contribution is -2.06. The van der Waals surface area contributed by atoms with Crippen LogP contribution in [-0.4, -0.2) is 24.7 Å². The highest BCUT2D eigenvalue weighted by Crippen LogP contribution is 2.27. The summed E-state index contributed by atoms with van der Waals surface area (Å²) in [6, 6.07) is 1.81. The standard InChI is InChI=1S/C10H7BrN6S/c11-6-7(12)15-8(10-13-3-5-18-10)16-9(6)17-4-1-2-14-17/h1-5H,(H2,12,15,16). The minimum Gasteiger partial charge on any atom is -0.383 e. The Bertz CT molecular complexity index is 664. The van der Waals surface area contributed by atoms with Crippen LogP contribution in [-0.2, 0) is 0 Å². The molecule has 3 rings (SSSR count). The second kappa shape index (κ2) is 4.46. The van der Waals surface area contributed by atoms with Crippen LogP contribution in [0.2, 0.25) is 0 Å². The normalized spacial score (nSPS) is 10.7. The van der Waals surface area contributed by atoms with Crippen LogP contribution >= 0.6 is 27.3 Å². The maximum Gasteiger partial charge on any atom is 0.192 e. The summed E-state index contributed by atoms with van der Waals surface area (Å²) in [4.78, 5) is 12.8. The molecule has 0 radical (unpaired) electrons. The van der Waals surface area contributed by atoms with Crippen LogP contribution in [0.1, 0.15) is 0 Å². The third-order valence-electron chi connectivity index (χ3n) is 2.20. The molecule has 0 amide bonds. The molecule has 0 fully saturated rings. The topological polar surface area (TPSA) is 82.5 Å². The lowest BCUT2D eigenvalue weighted by atomic mass is 10.5. The van der Waals surface area contributed by atoms with Gasteiger partial charge in [-0.25, -0.2) is 19.6 Å². The predicted octanol–water partition coefficient (Wildman–Crippen LogP) is 2.13. The Hall–Kier alpha value is -1.80. The molecule has 0 bridgehead atoms. The second-order valence-electron chi connectivity index (χ2n) is 3.36. The van der Waals surface area contributed by atoms with E-state index in [4.69, 9.17) is 5.73 Å². The molecule has 3 aromatic heterocycles. The van der Waals surface area contributed by atoms with Crippen LogP contribution in [0.4, 0.5) is 5.82 Å². The number of thiazole rings is 1. The van der Waals surface area contributed by atoms with Crippen molar-refractivity contribution < 1.29 is 0 Å². The SMILES string of the molecule is Nc1nc(-c2nccs2)nc(-n2cccn2)c1Br. The van der Waals surface area contributed by atoms with Crippen molar-refractivity contribution in [2.45, 2.75) is 0 Å².